The number of aliphatic hydroxyl groups excluding tert-OH is 1. The number of hydrogen-bond donors (Lipinski definition) is 2. The lowest BCUT2D eigenvalue weighted by molar-refractivity contribution is -0.157. The number of rotatable bonds is 7. The molecule has 6 fully saturated rings. The molecule has 5 heteroatoms. The fourth-order valence-corrected chi connectivity index (χ4v) is 10.2. The first-order valence-corrected chi connectivity index (χ1v) is 21.6. The van der Waals surface area contributed by atoms with Gasteiger partial charge < -0.3 is 14.9 Å². The molecule has 0 spiro atoms. The van der Waals surface area contributed by atoms with Gasteiger partial charge in [0.15, 0.2) is 0 Å². The highest BCUT2D eigenvalue weighted by atomic mass is 16.5. The van der Waals surface area contributed by atoms with Crippen LogP contribution in [0.25, 0.3) is 0 Å². The summed E-state index contributed by atoms with van der Waals surface area (Å²) in [5, 5.41) is 18.0. The third-order valence-electron chi connectivity index (χ3n) is 14.2. The molecule has 0 heterocycles. The lowest BCUT2D eigenvalue weighted by Gasteiger charge is -2.33. The van der Waals surface area contributed by atoms with E-state index in [2.05, 4.69) is 27.7 Å². The molecule has 0 atom stereocenters. The number of hydrogen-bond acceptors (Lipinski definition) is 4. The standard InChI is InChI=1S/C22H38O2.C15H26O2.C7H14O.CH4/c1-16-3-7-18(8-4-16)15-19-9-11-20(12-10-19)22(23)24-21-13-5-17(2)6-14-21;1-11-2-4-12(5-3-11)10-13-6-8-14(9-7-13)15(16)17;1-6-2-4-7(8)5-3-6;/h16-21H,3-15H2,1-2H3;11-14H,2-10H2,1H3,(H,16,17);6-8H,2-5H2,1H3;1H4. The summed E-state index contributed by atoms with van der Waals surface area (Å²) in [5.41, 5.74) is 0. The van der Waals surface area contributed by atoms with E-state index in [9.17, 15) is 9.59 Å². The molecule has 0 unspecified atom stereocenters. The molecule has 50 heavy (non-hydrogen) atoms. The van der Waals surface area contributed by atoms with Gasteiger partial charge in [-0.1, -0.05) is 86.5 Å². The van der Waals surface area contributed by atoms with Gasteiger partial charge >= 0.3 is 11.9 Å². The Bertz CT molecular complexity index is 892. The fraction of sp³-hybridized carbons (Fsp3) is 0.956. The second kappa shape index (κ2) is 22.9. The van der Waals surface area contributed by atoms with Gasteiger partial charge in [-0.3, -0.25) is 9.59 Å². The Morgan fingerprint density at radius 3 is 1.10 bits per heavy atom. The van der Waals surface area contributed by atoms with Crippen LogP contribution >= 0.6 is 0 Å². The van der Waals surface area contributed by atoms with E-state index in [1.807, 2.05) is 0 Å². The Kier molecular flexibility index (Phi) is 19.8. The molecule has 0 amide bonds. The summed E-state index contributed by atoms with van der Waals surface area (Å²) in [6.45, 7) is 9.34. The molecule has 0 radical (unpaired) electrons. The summed E-state index contributed by atoms with van der Waals surface area (Å²) < 4.78 is 5.84. The van der Waals surface area contributed by atoms with Crippen molar-refractivity contribution in [1.29, 1.82) is 0 Å². The van der Waals surface area contributed by atoms with Gasteiger partial charge in [0, 0.05) is 0 Å². The van der Waals surface area contributed by atoms with Gasteiger partial charge in [0.25, 0.3) is 0 Å². The van der Waals surface area contributed by atoms with Crippen molar-refractivity contribution in [2.45, 2.75) is 214 Å². The van der Waals surface area contributed by atoms with Crippen LogP contribution in [-0.2, 0) is 14.3 Å². The number of carboxylic acid groups (broad SMARTS) is 1. The van der Waals surface area contributed by atoms with Crippen molar-refractivity contribution in [3.8, 4) is 0 Å². The largest absolute Gasteiger partial charge is 0.481 e. The molecule has 2 N–H and O–H groups in total. The Balaban J connectivity index is 0.000000226. The summed E-state index contributed by atoms with van der Waals surface area (Å²) >= 11 is 0. The van der Waals surface area contributed by atoms with Crippen molar-refractivity contribution in [1.82, 2.24) is 0 Å². The number of ether oxygens (including phenoxy) is 1. The minimum Gasteiger partial charge on any atom is -0.481 e. The molecule has 5 nitrogen and oxygen atoms in total. The van der Waals surface area contributed by atoms with Crippen LogP contribution in [0.5, 0.6) is 0 Å². The molecule has 0 aromatic carbocycles. The number of aliphatic carboxylic acids is 1. The van der Waals surface area contributed by atoms with Crippen molar-refractivity contribution in [3.63, 3.8) is 0 Å². The van der Waals surface area contributed by atoms with Crippen LogP contribution in [0.3, 0.4) is 0 Å². The molecule has 0 aromatic rings. The number of carboxylic acids is 1. The molecule has 6 saturated carbocycles. The van der Waals surface area contributed by atoms with E-state index in [1.165, 1.54) is 103 Å². The highest BCUT2D eigenvalue weighted by molar-refractivity contribution is 5.72. The molecule has 0 aromatic heterocycles. The van der Waals surface area contributed by atoms with E-state index in [0.29, 0.717) is 0 Å². The predicted octanol–water partition coefficient (Wildman–Crippen LogP) is 12.4. The van der Waals surface area contributed by atoms with Crippen LogP contribution in [0.4, 0.5) is 0 Å². The Morgan fingerprint density at radius 2 is 0.760 bits per heavy atom. The highest BCUT2D eigenvalue weighted by Crippen LogP contribution is 2.40. The molecular formula is C45H82O5. The number of esters is 1. The van der Waals surface area contributed by atoms with E-state index in [1.54, 1.807) is 0 Å². The normalized spacial score (nSPS) is 39.2. The first-order valence-electron chi connectivity index (χ1n) is 21.6. The van der Waals surface area contributed by atoms with Crippen LogP contribution < -0.4 is 0 Å². The summed E-state index contributed by atoms with van der Waals surface area (Å²) in [6.07, 6.45) is 32.4. The second-order valence-corrected chi connectivity index (χ2v) is 18.7. The monoisotopic (exact) mass is 703 g/mol. The topological polar surface area (TPSA) is 83.8 Å². The zero-order valence-electron chi connectivity index (χ0n) is 32.4. The van der Waals surface area contributed by atoms with Crippen molar-refractivity contribution < 1.29 is 24.5 Å². The minimum atomic E-state index is -0.574. The molecule has 6 rings (SSSR count). The Morgan fingerprint density at radius 1 is 0.460 bits per heavy atom. The highest BCUT2D eigenvalue weighted by Gasteiger charge is 2.32. The average molecular weight is 703 g/mol. The van der Waals surface area contributed by atoms with Crippen LogP contribution in [0.1, 0.15) is 202 Å². The first kappa shape index (κ1) is 43.3. The van der Waals surface area contributed by atoms with Crippen molar-refractivity contribution in [3.05, 3.63) is 0 Å². The number of aliphatic hydroxyl groups is 1. The molecule has 6 aliphatic rings. The first-order chi connectivity index (χ1) is 23.5. The van der Waals surface area contributed by atoms with Gasteiger partial charge in [-0.15, -0.1) is 0 Å². The SMILES string of the molecule is C.CC1CCC(CC2CCC(C(=O)O)CC2)CC1.CC1CCC(CC2CCC(C(=O)OC3CCC(C)CC3)CC2)CC1.CC1CCC(O)CC1. The summed E-state index contributed by atoms with van der Waals surface area (Å²) in [5.74, 6) is 6.89. The van der Waals surface area contributed by atoms with Crippen molar-refractivity contribution >= 4 is 11.9 Å². The van der Waals surface area contributed by atoms with E-state index >= 15 is 0 Å². The van der Waals surface area contributed by atoms with Gasteiger partial charge in [-0.2, -0.15) is 0 Å². The third kappa shape index (κ3) is 15.9. The van der Waals surface area contributed by atoms with Gasteiger partial charge in [-0.05, 0) is 163 Å². The van der Waals surface area contributed by atoms with Crippen LogP contribution in [0.15, 0.2) is 0 Å². The van der Waals surface area contributed by atoms with Crippen molar-refractivity contribution in [2.24, 2.45) is 59.2 Å². The maximum atomic E-state index is 12.5. The van der Waals surface area contributed by atoms with Gasteiger partial charge in [-0.25, -0.2) is 0 Å². The molecule has 0 saturated heterocycles. The maximum Gasteiger partial charge on any atom is 0.309 e. The lowest BCUT2D eigenvalue weighted by atomic mass is 9.73. The lowest BCUT2D eigenvalue weighted by Crippen LogP contribution is -2.30. The average Bonchev–Trinajstić information content (AvgIpc) is 3.10. The van der Waals surface area contributed by atoms with E-state index in [0.717, 1.165) is 112 Å². The Labute approximate surface area is 309 Å². The van der Waals surface area contributed by atoms with Crippen LogP contribution in [0, 0.1) is 59.2 Å². The molecule has 6 aliphatic carbocycles. The summed E-state index contributed by atoms with van der Waals surface area (Å²) in [7, 11) is 0. The zero-order chi connectivity index (χ0) is 35.2. The third-order valence-corrected chi connectivity index (χ3v) is 14.2. The van der Waals surface area contributed by atoms with Crippen LogP contribution in [0.2, 0.25) is 0 Å². The van der Waals surface area contributed by atoms with E-state index < -0.39 is 5.97 Å². The fourth-order valence-electron chi connectivity index (χ4n) is 10.2. The summed E-state index contributed by atoms with van der Waals surface area (Å²) in [4.78, 5) is 23.3. The minimum absolute atomic E-state index is 0. The van der Waals surface area contributed by atoms with Gasteiger partial charge in [0.2, 0.25) is 0 Å². The van der Waals surface area contributed by atoms with Crippen LogP contribution in [-0.4, -0.2) is 34.4 Å². The zero-order valence-corrected chi connectivity index (χ0v) is 32.4. The van der Waals surface area contributed by atoms with Gasteiger partial charge in [0.1, 0.15) is 6.10 Å². The number of carbonyl (C=O) groups excluding carboxylic acids is 1. The predicted molar refractivity (Wildman–Crippen MR) is 208 cm³/mol. The molecule has 0 bridgehead atoms. The van der Waals surface area contributed by atoms with E-state index in [4.69, 9.17) is 14.9 Å². The van der Waals surface area contributed by atoms with Crippen molar-refractivity contribution in [2.75, 3.05) is 0 Å². The Hall–Kier alpha value is -1.10. The smallest absolute Gasteiger partial charge is 0.309 e. The summed E-state index contributed by atoms with van der Waals surface area (Å²) in [6, 6.07) is 0. The molecule has 0 aliphatic heterocycles. The van der Waals surface area contributed by atoms with Gasteiger partial charge in [0.05, 0.1) is 17.9 Å². The maximum absolute atomic E-state index is 12.5. The molecule has 292 valence electrons. The second-order valence-electron chi connectivity index (χ2n) is 18.7. The molecular weight excluding hydrogens is 620 g/mol. The quantitative estimate of drug-likeness (QED) is 0.258. The number of carbonyl (C=O) groups is 2. The van der Waals surface area contributed by atoms with E-state index in [-0.39, 0.29) is 37.4 Å².